The van der Waals surface area contributed by atoms with Crippen LogP contribution in [0, 0.1) is 0 Å². The van der Waals surface area contributed by atoms with Gasteiger partial charge in [0.05, 0.1) is 25.4 Å². The standard InChI is InChI=1S/C72H137NO5/c1-3-5-7-9-11-13-14-15-39-43-46-50-54-58-62-66-72(77)78-67-63-59-55-51-47-44-41-38-36-34-32-30-28-26-24-22-20-18-16-17-19-21-23-25-27-29-31-33-35-37-40-42-45-49-53-57-61-65-71(76)73-69(68-74)70(75)64-60-56-52-48-12-10-8-6-4-2/h15-16,18,22,24,39,69-70,74-75H,3-14,17,19-21,23,25-38,40-68H2,1-2H3,(H,73,76)/b18-16-,24-22-,39-15-. The molecule has 2 atom stereocenters. The molecule has 0 aliphatic carbocycles. The summed E-state index contributed by atoms with van der Waals surface area (Å²) in [6.45, 7) is 4.95. The lowest BCUT2D eigenvalue weighted by atomic mass is 10.0. The Balaban J connectivity index is 3.33. The fraction of sp³-hybridized carbons (Fsp3) is 0.889. The molecule has 0 aromatic heterocycles. The summed E-state index contributed by atoms with van der Waals surface area (Å²) >= 11 is 0. The molecule has 0 saturated carbocycles. The molecule has 2 unspecified atom stereocenters. The number of amides is 1. The Morgan fingerprint density at radius 1 is 0.359 bits per heavy atom. The normalized spacial score (nSPS) is 12.7. The lowest BCUT2D eigenvalue weighted by molar-refractivity contribution is -0.143. The molecule has 6 heteroatoms. The van der Waals surface area contributed by atoms with Crippen molar-refractivity contribution in [2.24, 2.45) is 0 Å². The van der Waals surface area contributed by atoms with Gasteiger partial charge in [-0.1, -0.05) is 326 Å². The Morgan fingerprint density at radius 3 is 0.987 bits per heavy atom. The number of allylic oxidation sites excluding steroid dienone is 6. The highest BCUT2D eigenvalue weighted by Gasteiger charge is 2.20. The number of carbonyl (C=O) groups is 2. The average molecular weight is 1100 g/mol. The molecule has 78 heavy (non-hydrogen) atoms. The van der Waals surface area contributed by atoms with E-state index in [0.717, 1.165) is 51.4 Å². The summed E-state index contributed by atoms with van der Waals surface area (Å²) < 4.78 is 5.49. The van der Waals surface area contributed by atoms with E-state index >= 15 is 0 Å². The third-order valence-electron chi connectivity index (χ3n) is 16.4. The number of aliphatic hydroxyl groups excluding tert-OH is 2. The number of carbonyl (C=O) groups excluding carboxylic acids is 2. The summed E-state index contributed by atoms with van der Waals surface area (Å²) in [5.74, 6) is -0.0223. The Labute approximate surface area is 487 Å². The van der Waals surface area contributed by atoms with Crippen molar-refractivity contribution < 1.29 is 24.5 Å². The van der Waals surface area contributed by atoms with Gasteiger partial charge in [-0.25, -0.2) is 0 Å². The predicted molar refractivity (Wildman–Crippen MR) is 343 cm³/mol. The number of hydrogen-bond acceptors (Lipinski definition) is 5. The van der Waals surface area contributed by atoms with Crippen LogP contribution in [0.5, 0.6) is 0 Å². The van der Waals surface area contributed by atoms with E-state index in [-0.39, 0.29) is 18.5 Å². The first-order valence-electron chi connectivity index (χ1n) is 35.2. The minimum absolute atomic E-state index is 0.0110. The van der Waals surface area contributed by atoms with Crippen molar-refractivity contribution in [3.63, 3.8) is 0 Å². The molecular weight excluding hydrogens is 959 g/mol. The van der Waals surface area contributed by atoms with Crippen LogP contribution in [0.4, 0.5) is 0 Å². The molecular formula is C72H137NO5. The smallest absolute Gasteiger partial charge is 0.305 e. The number of rotatable bonds is 66. The van der Waals surface area contributed by atoms with Crippen molar-refractivity contribution in [2.75, 3.05) is 13.2 Å². The minimum atomic E-state index is -0.660. The summed E-state index contributed by atoms with van der Waals surface area (Å²) in [5.41, 5.74) is 0. The van der Waals surface area contributed by atoms with E-state index in [1.54, 1.807) is 0 Å². The topological polar surface area (TPSA) is 95.9 Å². The molecule has 0 heterocycles. The number of esters is 1. The van der Waals surface area contributed by atoms with E-state index in [1.807, 2.05) is 0 Å². The predicted octanol–water partition coefficient (Wildman–Crippen LogP) is 22.7. The third-order valence-corrected chi connectivity index (χ3v) is 16.4. The lowest BCUT2D eigenvalue weighted by Crippen LogP contribution is -2.45. The molecule has 0 fully saturated rings. The van der Waals surface area contributed by atoms with Crippen LogP contribution in [0.1, 0.15) is 386 Å². The first-order valence-corrected chi connectivity index (χ1v) is 35.2. The quantitative estimate of drug-likeness (QED) is 0.0320. The zero-order valence-corrected chi connectivity index (χ0v) is 52.7. The molecule has 6 nitrogen and oxygen atoms in total. The van der Waals surface area contributed by atoms with Crippen molar-refractivity contribution in [3.05, 3.63) is 36.5 Å². The molecule has 0 rings (SSSR count). The van der Waals surface area contributed by atoms with E-state index < -0.39 is 12.1 Å². The van der Waals surface area contributed by atoms with Gasteiger partial charge in [0.1, 0.15) is 0 Å². The highest BCUT2D eigenvalue weighted by atomic mass is 16.5. The Hall–Kier alpha value is -1.92. The van der Waals surface area contributed by atoms with Crippen LogP contribution >= 0.6 is 0 Å². The van der Waals surface area contributed by atoms with E-state index in [9.17, 15) is 19.8 Å². The lowest BCUT2D eigenvalue weighted by Gasteiger charge is -2.22. The Bertz CT molecular complexity index is 1260. The van der Waals surface area contributed by atoms with E-state index in [1.165, 1.54) is 302 Å². The first kappa shape index (κ1) is 76.1. The van der Waals surface area contributed by atoms with Crippen LogP contribution in [0.2, 0.25) is 0 Å². The van der Waals surface area contributed by atoms with Crippen molar-refractivity contribution in [3.8, 4) is 0 Å². The fourth-order valence-corrected chi connectivity index (χ4v) is 11.0. The maximum Gasteiger partial charge on any atom is 0.305 e. The second-order valence-corrected chi connectivity index (χ2v) is 24.2. The largest absolute Gasteiger partial charge is 0.466 e. The van der Waals surface area contributed by atoms with Crippen molar-refractivity contribution in [2.45, 2.75) is 398 Å². The molecule has 0 radical (unpaired) electrons. The SMILES string of the molecule is CCCCCCCC/C=C\CCCCCCCC(=O)OCCCCCCCCCCCCCCC/C=C\C/C=C\CCCCCCCCCCCCCCCCCCCC(=O)NC(CO)C(O)CCCCCCCCCCC. The number of aliphatic hydroxyl groups is 2. The maximum atomic E-state index is 12.4. The van der Waals surface area contributed by atoms with Gasteiger partial charge in [0.2, 0.25) is 5.91 Å². The van der Waals surface area contributed by atoms with Crippen molar-refractivity contribution in [1.29, 1.82) is 0 Å². The molecule has 0 aromatic rings. The average Bonchev–Trinajstić information content (AvgIpc) is 3.44. The second kappa shape index (κ2) is 67.6. The maximum absolute atomic E-state index is 12.4. The number of hydrogen-bond donors (Lipinski definition) is 3. The number of ether oxygens (including phenoxy) is 1. The summed E-state index contributed by atoms with van der Waals surface area (Å²) in [5, 5.41) is 23.1. The van der Waals surface area contributed by atoms with Gasteiger partial charge >= 0.3 is 5.97 Å². The zero-order valence-electron chi connectivity index (χ0n) is 52.7. The van der Waals surface area contributed by atoms with Gasteiger partial charge in [0.15, 0.2) is 0 Å². The molecule has 0 aromatic carbocycles. The Kier molecular flexibility index (Phi) is 65.9. The summed E-state index contributed by atoms with van der Waals surface area (Å²) in [6, 6.07) is -0.537. The first-order chi connectivity index (χ1) is 38.5. The van der Waals surface area contributed by atoms with Gasteiger partial charge in [-0.05, 0) is 83.5 Å². The molecule has 0 spiro atoms. The van der Waals surface area contributed by atoms with Gasteiger partial charge in [0, 0.05) is 12.8 Å². The second-order valence-electron chi connectivity index (χ2n) is 24.2. The molecule has 1 amide bonds. The molecule has 0 saturated heterocycles. The van der Waals surface area contributed by atoms with Gasteiger partial charge in [-0.2, -0.15) is 0 Å². The van der Waals surface area contributed by atoms with Crippen LogP contribution in [0.25, 0.3) is 0 Å². The van der Waals surface area contributed by atoms with Gasteiger partial charge in [-0.15, -0.1) is 0 Å². The van der Waals surface area contributed by atoms with Gasteiger partial charge in [-0.3, -0.25) is 9.59 Å². The van der Waals surface area contributed by atoms with Crippen LogP contribution in [-0.2, 0) is 14.3 Å². The summed E-state index contributed by atoms with van der Waals surface area (Å²) in [7, 11) is 0. The molecule has 3 N–H and O–H groups in total. The third kappa shape index (κ3) is 63.3. The zero-order chi connectivity index (χ0) is 56.4. The molecule has 0 aliphatic rings. The highest BCUT2D eigenvalue weighted by molar-refractivity contribution is 5.76. The monoisotopic (exact) mass is 1100 g/mol. The molecule has 460 valence electrons. The molecule has 0 bridgehead atoms. The summed E-state index contributed by atoms with van der Waals surface area (Å²) in [6.07, 6.45) is 86.5. The Morgan fingerprint density at radius 2 is 0.641 bits per heavy atom. The summed E-state index contributed by atoms with van der Waals surface area (Å²) in [4.78, 5) is 24.5. The fourth-order valence-electron chi connectivity index (χ4n) is 11.0. The highest BCUT2D eigenvalue weighted by Crippen LogP contribution is 2.18. The van der Waals surface area contributed by atoms with Crippen molar-refractivity contribution in [1.82, 2.24) is 5.32 Å². The van der Waals surface area contributed by atoms with Crippen molar-refractivity contribution >= 4 is 11.9 Å². The van der Waals surface area contributed by atoms with Crippen LogP contribution < -0.4 is 5.32 Å². The van der Waals surface area contributed by atoms with Crippen LogP contribution in [0.3, 0.4) is 0 Å². The van der Waals surface area contributed by atoms with Gasteiger partial charge < -0.3 is 20.3 Å². The minimum Gasteiger partial charge on any atom is -0.466 e. The van der Waals surface area contributed by atoms with E-state index in [0.29, 0.717) is 25.9 Å². The number of unbranched alkanes of at least 4 members (excludes halogenated alkanes) is 49. The molecule has 0 aliphatic heterocycles. The van der Waals surface area contributed by atoms with E-state index in [2.05, 4.69) is 55.6 Å². The van der Waals surface area contributed by atoms with Gasteiger partial charge in [0.25, 0.3) is 0 Å². The van der Waals surface area contributed by atoms with E-state index in [4.69, 9.17) is 4.74 Å². The number of nitrogens with one attached hydrogen (secondary N) is 1. The van der Waals surface area contributed by atoms with Crippen LogP contribution in [0.15, 0.2) is 36.5 Å². The van der Waals surface area contributed by atoms with Crippen LogP contribution in [-0.4, -0.2) is 47.4 Å².